The first-order chi connectivity index (χ1) is 11.7. The Labute approximate surface area is 148 Å². The van der Waals surface area contributed by atoms with Gasteiger partial charge in [0.1, 0.15) is 5.75 Å². The number of fused-ring (bicyclic) bond motifs is 1. The van der Waals surface area contributed by atoms with Gasteiger partial charge in [-0.1, -0.05) is 6.07 Å². The summed E-state index contributed by atoms with van der Waals surface area (Å²) in [6, 6.07) is 3.95. The molecule has 0 aliphatic rings. The molecule has 144 valence electrons. The Morgan fingerprint density at radius 3 is 2.15 bits per heavy atom. The number of benzene rings is 2. The van der Waals surface area contributed by atoms with Crippen LogP contribution in [0.5, 0.6) is 5.75 Å². The molecule has 0 unspecified atom stereocenters. The number of hydrogen-bond donors (Lipinski definition) is 4. The van der Waals surface area contributed by atoms with Crippen LogP contribution in [-0.4, -0.2) is 51.8 Å². The van der Waals surface area contributed by atoms with Gasteiger partial charge in [-0.15, -0.1) is 0 Å². The molecule has 0 fully saturated rings. The van der Waals surface area contributed by atoms with E-state index in [9.17, 15) is 34.9 Å². The van der Waals surface area contributed by atoms with E-state index in [1.54, 1.807) is 0 Å². The summed E-state index contributed by atoms with van der Waals surface area (Å²) in [5.74, 6) is -1.62. The van der Waals surface area contributed by atoms with Gasteiger partial charge in [-0.3, -0.25) is 9.11 Å². The first-order valence-electron chi connectivity index (χ1n) is 6.60. The van der Waals surface area contributed by atoms with Crippen LogP contribution in [0.3, 0.4) is 0 Å². The van der Waals surface area contributed by atoms with Crippen molar-refractivity contribution in [3.63, 3.8) is 0 Å². The molecule has 2 rings (SSSR count). The van der Waals surface area contributed by atoms with Crippen LogP contribution in [-0.2, 0) is 34.5 Å². The maximum absolute atomic E-state index is 12.5. The summed E-state index contributed by atoms with van der Waals surface area (Å²) in [6.45, 7) is -0.970. The van der Waals surface area contributed by atoms with Crippen LogP contribution in [0.4, 0.5) is 5.69 Å². The van der Waals surface area contributed by atoms with E-state index < -0.39 is 58.3 Å². The third-order valence-electron chi connectivity index (χ3n) is 3.28. The molecular formula is C12H13NO10S3. The van der Waals surface area contributed by atoms with Gasteiger partial charge in [-0.05, 0) is 23.6 Å². The summed E-state index contributed by atoms with van der Waals surface area (Å²) in [6.07, 6.45) is 0. The highest BCUT2D eigenvalue weighted by atomic mass is 32.3. The van der Waals surface area contributed by atoms with E-state index in [4.69, 9.17) is 10.3 Å². The number of nitrogen functional groups attached to an aromatic ring is 1. The van der Waals surface area contributed by atoms with Gasteiger partial charge >= 0.3 is 10.4 Å². The third-order valence-corrected chi connectivity index (χ3v) is 6.27. The van der Waals surface area contributed by atoms with Crippen molar-refractivity contribution in [2.45, 2.75) is 9.79 Å². The van der Waals surface area contributed by atoms with Gasteiger partial charge in [0.2, 0.25) is 0 Å². The van der Waals surface area contributed by atoms with E-state index in [1.165, 1.54) is 12.1 Å². The minimum Gasteiger partial charge on any atom is -0.505 e. The number of sulfone groups is 1. The molecule has 0 bridgehead atoms. The summed E-state index contributed by atoms with van der Waals surface area (Å²) in [7, 11) is -14.1. The Morgan fingerprint density at radius 1 is 1.00 bits per heavy atom. The highest BCUT2D eigenvalue weighted by Gasteiger charge is 2.25. The molecule has 0 heterocycles. The van der Waals surface area contributed by atoms with E-state index in [2.05, 4.69) is 4.18 Å². The molecular weight excluding hydrogens is 414 g/mol. The van der Waals surface area contributed by atoms with Crippen LogP contribution in [0.25, 0.3) is 10.8 Å². The van der Waals surface area contributed by atoms with Crippen molar-refractivity contribution in [3.05, 3.63) is 24.3 Å². The molecule has 0 aromatic heterocycles. The van der Waals surface area contributed by atoms with E-state index in [-0.39, 0.29) is 16.5 Å². The Balaban J connectivity index is 2.72. The Morgan fingerprint density at radius 2 is 1.62 bits per heavy atom. The topological polar surface area (TPSA) is 198 Å². The van der Waals surface area contributed by atoms with Crippen molar-refractivity contribution in [1.82, 2.24) is 0 Å². The zero-order valence-electron chi connectivity index (χ0n) is 12.7. The molecule has 2 aromatic rings. The van der Waals surface area contributed by atoms with Gasteiger partial charge in [0.15, 0.2) is 9.84 Å². The second-order valence-corrected chi connectivity index (χ2v) is 9.66. The molecule has 5 N–H and O–H groups in total. The highest BCUT2D eigenvalue weighted by Crippen LogP contribution is 2.37. The molecule has 0 amide bonds. The molecule has 2 aromatic carbocycles. The molecule has 0 radical (unpaired) electrons. The molecule has 11 nitrogen and oxygen atoms in total. The van der Waals surface area contributed by atoms with Crippen LogP contribution in [0, 0.1) is 0 Å². The fraction of sp³-hybridized carbons (Fsp3) is 0.167. The maximum atomic E-state index is 12.5. The average Bonchev–Trinajstić information content (AvgIpc) is 2.47. The van der Waals surface area contributed by atoms with Crippen LogP contribution in [0.1, 0.15) is 0 Å². The largest absolute Gasteiger partial charge is 0.505 e. The molecule has 0 atom stereocenters. The standard InChI is InChI=1S/C12H13NO10S3/c13-9-2-1-7-5-8(25(17,18)19)6-10(11(7)12(9)14)24(15,16)4-3-23-26(20,21)22/h1-2,5-6,14H,3-4,13H2,(H,17,18,19)(H,20,21,22). The van der Waals surface area contributed by atoms with E-state index in [0.29, 0.717) is 6.07 Å². The fourth-order valence-electron chi connectivity index (χ4n) is 2.15. The third kappa shape index (κ3) is 4.40. The van der Waals surface area contributed by atoms with E-state index in [1.807, 2.05) is 0 Å². The van der Waals surface area contributed by atoms with Crippen LogP contribution >= 0.6 is 0 Å². The van der Waals surface area contributed by atoms with Gasteiger partial charge in [0.05, 0.1) is 27.8 Å². The van der Waals surface area contributed by atoms with Gasteiger partial charge < -0.3 is 10.8 Å². The van der Waals surface area contributed by atoms with Gasteiger partial charge in [0.25, 0.3) is 10.1 Å². The zero-order valence-corrected chi connectivity index (χ0v) is 15.2. The lowest BCUT2D eigenvalue weighted by atomic mass is 10.1. The Kier molecular flexibility index (Phi) is 5.19. The molecule has 26 heavy (non-hydrogen) atoms. The molecule has 0 saturated heterocycles. The predicted octanol–water partition coefficient (Wildman–Crippen LogP) is -0.0326. The zero-order chi connectivity index (χ0) is 19.9. The average molecular weight is 427 g/mol. The predicted molar refractivity (Wildman–Crippen MR) is 89.4 cm³/mol. The lowest BCUT2D eigenvalue weighted by molar-refractivity contribution is 0.284. The van der Waals surface area contributed by atoms with Crippen molar-refractivity contribution < 1.29 is 43.6 Å². The van der Waals surface area contributed by atoms with Crippen molar-refractivity contribution in [3.8, 4) is 5.75 Å². The Bertz CT molecular complexity index is 1180. The van der Waals surface area contributed by atoms with E-state index in [0.717, 1.165) is 6.07 Å². The van der Waals surface area contributed by atoms with Crippen LogP contribution < -0.4 is 5.73 Å². The molecule has 14 heteroatoms. The first kappa shape index (κ1) is 20.3. The van der Waals surface area contributed by atoms with Crippen molar-refractivity contribution in [2.75, 3.05) is 18.1 Å². The number of anilines is 1. The fourth-order valence-corrected chi connectivity index (χ4v) is 4.52. The molecule has 0 aliphatic carbocycles. The molecule has 0 spiro atoms. The van der Waals surface area contributed by atoms with Crippen molar-refractivity contribution >= 4 is 46.8 Å². The van der Waals surface area contributed by atoms with E-state index >= 15 is 0 Å². The lowest BCUT2D eigenvalue weighted by Crippen LogP contribution is -2.16. The number of rotatable bonds is 6. The second-order valence-electron chi connectivity index (χ2n) is 5.07. The summed E-state index contributed by atoms with van der Waals surface area (Å²) >= 11 is 0. The number of phenolic OH excluding ortho intramolecular Hbond substituents is 1. The SMILES string of the molecule is Nc1ccc2cc(S(=O)(=O)O)cc(S(=O)(=O)CCOS(=O)(=O)O)c2c1O. The van der Waals surface area contributed by atoms with Gasteiger partial charge in [-0.25, -0.2) is 12.6 Å². The number of hydrogen-bond acceptors (Lipinski definition) is 9. The van der Waals surface area contributed by atoms with Crippen molar-refractivity contribution in [1.29, 1.82) is 0 Å². The first-order valence-corrected chi connectivity index (χ1v) is 11.1. The monoisotopic (exact) mass is 427 g/mol. The number of nitrogens with two attached hydrogens (primary N) is 1. The maximum Gasteiger partial charge on any atom is 0.397 e. The van der Waals surface area contributed by atoms with Gasteiger partial charge in [0, 0.05) is 5.39 Å². The summed E-state index contributed by atoms with van der Waals surface area (Å²) in [5, 5.41) is 9.71. The smallest absolute Gasteiger partial charge is 0.397 e. The molecule has 0 saturated carbocycles. The normalized spacial score (nSPS) is 13.2. The van der Waals surface area contributed by atoms with Gasteiger partial charge in [-0.2, -0.15) is 16.8 Å². The minimum atomic E-state index is -4.89. The summed E-state index contributed by atoms with van der Waals surface area (Å²) in [5.41, 5.74) is 5.34. The number of phenols is 1. The minimum absolute atomic E-state index is 0.0545. The highest BCUT2D eigenvalue weighted by molar-refractivity contribution is 7.91. The van der Waals surface area contributed by atoms with Crippen LogP contribution in [0.15, 0.2) is 34.1 Å². The quantitative estimate of drug-likeness (QED) is 0.274. The molecule has 0 aliphatic heterocycles. The lowest BCUT2D eigenvalue weighted by Gasteiger charge is -2.12. The second kappa shape index (κ2) is 6.64. The summed E-state index contributed by atoms with van der Waals surface area (Å²) in [4.78, 5) is -1.48. The van der Waals surface area contributed by atoms with Crippen molar-refractivity contribution in [2.24, 2.45) is 0 Å². The summed E-state index contributed by atoms with van der Waals surface area (Å²) < 4.78 is 90.4. The number of aromatic hydroxyl groups is 1. The Hall–Kier alpha value is -1.97. The van der Waals surface area contributed by atoms with Crippen LogP contribution in [0.2, 0.25) is 0 Å².